The maximum Gasteiger partial charge on any atom is 0.147 e. The van der Waals surface area contributed by atoms with Gasteiger partial charge in [0, 0.05) is 55.5 Å². The van der Waals surface area contributed by atoms with Crippen LogP contribution < -0.4 is 5.32 Å². The molecule has 0 radical (unpaired) electrons. The lowest BCUT2D eigenvalue weighted by Crippen LogP contribution is -2.22. The van der Waals surface area contributed by atoms with Crippen molar-refractivity contribution in [2.45, 2.75) is 51.7 Å². The first kappa shape index (κ1) is 19.0. The highest BCUT2D eigenvalue weighted by atomic mass is 32.2. The van der Waals surface area contributed by atoms with Gasteiger partial charge in [0.1, 0.15) is 15.7 Å². The Hall–Kier alpha value is -2.35. The monoisotopic (exact) mass is 401 g/mol. The summed E-state index contributed by atoms with van der Waals surface area (Å²) in [5, 5.41) is 7.83. The SMILES string of the molecule is C[C@H]1CCc2c(ccc3c2nc(CCn2cccn2)n3CCCS(C)(=O)=O)N1. The standard InChI is InChI=1S/C20H27N5O2S/c1-15-5-6-16-17(22-15)7-8-18-20(16)23-19(9-13-24-11-3-10-21-24)25(18)12-4-14-28(2,26)27/h3,7-8,10-11,15,22H,4-6,9,12-14H2,1-2H3/t15-/m0/s1. The van der Waals surface area contributed by atoms with Crippen molar-refractivity contribution in [2.75, 3.05) is 17.3 Å². The van der Waals surface area contributed by atoms with Gasteiger partial charge < -0.3 is 9.88 Å². The van der Waals surface area contributed by atoms with Gasteiger partial charge in [0.15, 0.2) is 0 Å². The first-order valence-electron chi connectivity index (χ1n) is 9.83. The molecule has 28 heavy (non-hydrogen) atoms. The largest absolute Gasteiger partial charge is 0.382 e. The number of imidazole rings is 1. The molecule has 1 atom stereocenters. The number of anilines is 1. The van der Waals surface area contributed by atoms with Crippen LogP contribution in [0, 0.1) is 0 Å². The molecule has 0 spiro atoms. The third kappa shape index (κ3) is 4.06. The fourth-order valence-corrected chi connectivity index (χ4v) is 4.61. The molecule has 1 N–H and O–H groups in total. The van der Waals surface area contributed by atoms with Crippen molar-refractivity contribution < 1.29 is 8.42 Å². The Bertz CT molecular complexity index is 1070. The lowest BCUT2D eigenvalue weighted by Gasteiger charge is -2.24. The number of hydrogen-bond acceptors (Lipinski definition) is 5. The van der Waals surface area contributed by atoms with Crippen molar-refractivity contribution in [3.8, 4) is 0 Å². The lowest BCUT2D eigenvalue weighted by molar-refractivity contribution is 0.566. The number of hydrogen-bond donors (Lipinski definition) is 1. The van der Waals surface area contributed by atoms with Gasteiger partial charge in [-0.2, -0.15) is 5.10 Å². The number of sulfone groups is 1. The van der Waals surface area contributed by atoms with Crippen molar-refractivity contribution in [1.29, 1.82) is 0 Å². The molecule has 0 unspecified atom stereocenters. The zero-order valence-electron chi connectivity index (χ0n) is 16.4. The zero-order valence-corrected chi connectivity index (χ0v) is 17.2. The van der Waals surface area contributed by atoms with Gasteiger partial charge in [-0.1, -0.05) is 0 Å². The average Bonchev–Trinajstić information content (AvgIpc) is 3.26. The highest BCUT2D eigenvalue weighted by Gasteiger charge is 2.21. The average molecular weight is 402 g/mol. The molecule has 0 fully saturated rings. The Balaban J connectivity index is 1.68. The number of benzene rings is 1. The van der Waals surface area contributed by atoms with E-state index in [1.807, 2.05) is 16.9 Å². The first-order chi connectivity index (χ1) is 13.4. The van der Waals surface area contributed by atoms with Gasteiger partial charge in [-0.15, -0.1) is 0 Å². The lowest BCUT2D eigenvalue weighted by atomic mass is 9.98. The number of nitrogens with zero attached hydrogens (tertiary/aromatic N) is 4. The van der Waals surface area contributed by atoms with Gasteiger partial charge >= 0.3 is 0 Å². The molecule has 0 aliphatic carbocycles. The van der Waals surface area contributed by atoms with Crippen LogP contribution in [0.25, 0.3) is 11.0 Å². The van der Waals surface area contributed by atoms with E-state index >= 15 is 0 Å². The zero-order chi connectivity index (χ0) is 19.7. The highest BCUT2D eigenvalue weighted by molar-refractivity contribution is 7.90. The van der Waals surface area contributed by atoms with Crippen LogP contribution in [-0.2, 0) is 35.8 Å². The van der Waals surface area contributed by atoms with Crippen LogP contribution in [0.4, 0.5) is 5.69 Å². The Morgan fingerprint density at radius 1 is 1.29 bits per heavy atom. The number of nitrogens with one attached hydrogen (secondary N) is 1. The fourth-order valence-electron chi connectivity index (χ4n) is 3.95. The van der Waals surface area contributed by atoms with Gasteiger partial charge in [0.25, 0.3) is 0 Å². The predicted octanol–water partition coefficient (Wildman–Crippen LogP) is 2.66. The minimum Gasteiger partial charge on any atom is -0.382 e. The topological polar surface area (TPSA) is 81.8 Å². The van der Waals surface area contributed by atoms with E-state index in [1.165, 1.54) is 17.5 Å². The Morgan fingerprint density at radius 2 is 2.14 bits per heavy atom. The quantitative estimate of drug-likeness (QED) is 0.658. The van der Waals surface area contributed by atoms with E-state index in [1.54, 1.807) is 6.20 Å². The van der Waals surface area contributed by atoms with E-state index < -0.39 is 9.84 Å². The number of aryl methyl sites for hydroxylation is 4. The van der Waals surface area contributed by atoms with Crippen LogP contribution in [0.1, 0.15) is 31.2 Å². The Morgan fingerprint density at radius 3 is 2.89 bits per heavy atom. The summed E-state index contributed by atoms with van der Waals surface area (Å²) in [6.45, 7) is 3.60. The minimum absolute atomic E-state index is 0.190. The van der Waals surface area contributed by atoms with E-state index in [9.17, 15) is 8.42 Å². The molecule has 7 nitrogen and oxygen atoms in total. The van der Waals surface area contributed by atoms with Gasteiger partial charge in [-0.3, -0.25) is 4.68 Å². The highest BCUT2D eigenvalue weighted by Crippen LogP contribution is 2.32. The fraction of sp³-hybridized carbons (Fsp3) is 0.500. The summed E-state index contributed by atoms with van der Waals surface area (Å²) in [6.07, 6.45) is 8.47. The second kappa shape index (κ2) is 7.58. The minimum atomic E-state index is -2.97. The summed E-state index contributed by atoms with van der Waals surface area (Å²) < 4.78 is 27.2. The van der Waals surface area contributed by atoms with E-state index in [4.69, 9.17) is 4.98 Å². The molecular formula is C20H27N5O2S. The van der Waals surface area contributed by atoms with Gasteiger partial charge in [-0.25, -0.2) is 13.4 Å². The molecule has 0 saturated carbocycles. The van der Waals surface area contributed by atoms with Crippen LogP contribution >= 0.6 is 0 Å². The molecule has 1 aromatic carbocycles. The molecule has 0 amide bonds. The molecule has 3 heterocycles. The molecule has 4 rings (SSSR count). The van der Waals surface area contributed by atoms with Crippen LogP contribution in [0.2, 0.25) is 0 Å². The summed E-state index contributed by atoms with van der Waals surface area (Å²) >= 11 is 0. The van der Waals surface area contributed by atoms with E-state index in [-0.39, 0.29) is 5.75 Å². The molecule has 150 valence electrons. The molecule has 0 saturated heterocycles. The van der Waals surface area contributed by atoms with E-state index in [2.05, 4.69) is 34.0 Å². The van der Waals surface area contributed by atoms with Crippen molar-refractivity contribution in [2.24, 2.45) is 0 Å². The van der Waals surface area contributed by atoms with Crippen molar-refractivity contribution >= 4 is 26.6 Å². The molecule has 2 aromatic heterocycles. The van der Waals surface area contributed by atoms with Crippen molar-refractivity contribution in [3.63, 3.8) is 0 Å². The van der Waals surface area contributed by atoms with Crippen molar-refractivity contribution in [1.82, 2.24) is 19.3 Å². The maximum atomic E-state index is 11.6. The van der Waals surface area contributed by atoms with Crippen LogP contribution in [0.15, 0.2) is 30.6 Å². The summed E-state index contributed by atoms with van der Waals surface area (Å²) in [5.74, 6) is 1.18. The molecular weight excluding hydrogens is 374 g/mol. The summed E-state index contributed by atoms with van der Waals surface area (Å²) in [6, 6.07) is 6.64. The molecule has 1 aliphatic heterocycles. The second-order valence-electron chi connectivity index (χ2n) is 7.73. The Kier molecular flexibility index (Phi) is 5.14. The molecule has 8 heteroatoms. The number of fused-ring (bicyclic) bond motifs is 3. The normalized spacial score (nSPS) is 16.9. The number of aromatic nitrogens is 4. The third-order valence-electron chi connectivity index (χ3n) is 5.35. The summed E-state index contributed by atoms with van der Waals surface area (Å²) in [7, 11) is -2.97. The van der Waals surface area contributed by atoms with Gasteiger partial charge in [0.05, 0.1) is 16.8 Å². The predicted molar refractivity (Wildman–Crippen MR) is 111 cm³/mol. The van der Waals surface area contributed by atoms with Crippen LogP contribution in [0.3, 0.4) is 0 Å². The van der Waals surface area contributed by atoms with Gasteiger partial charge in [0.2, 0.25) is 0 Å². The van der Waals surface area contributed by atoms with Crippen LogP contribution in [0.5, 0.6) is 0 Å². The van der Waals surface area contributed by atoms with E-state index in [0.29, 0.717) is 19.0 Å². The second-order valence-corrected chi connectivity index (χ2v) is 9.99. The molecule has 0 bridgehead atoms. The third-order valence-corrected chi connectivity index (χ3v) is 6.38. The first-order valence-corrected chi connectivity index (χ1v) is 11.9. The summed E-state index contributed by atoms with van der Waals surface area (Å²) in [4.78, 5) is 5.00. The van der Waals surface area contributed by atoms with Crippen LogP contribution in [-0.4, -0.2) is 45.8 Å². The smallest absolute Gasteiger partial charge is 0.147 e. The Labute approximate surface area is 165 Å². The van der Waals surface area contributed by atoms with Gasteiger partial charge in [-0.05, 0) is 44.4 Å². The maximum absolute atomic E-state index is 11.6. The number of rotatable bonds is 7. The molecule has 3 aromatic rings. The van der Waals surface area contributed by atoms with E-state index in [0.717, 1.165) is 42.7 Å². The van der Waals surface area contributed by atoms with Crippen molar-refractivity contribution in [3.05, 3.63) is 42.0 Å². The summed E-state index contributed by atoms with van der Waals surface area (Å²) in [5.41, 5.74) is 4.59. The molecule has 1 aliphatic rings.